The van der Waals surface area contributed by atoms with E-state index in [0.29, 0.717) is 5.76 Å². The minimum absolute atomic E-state index is 0.189. The molecule has 0 spiro atoms. The van der Waals surface area contributed by atoms with Crippen LogP contribution in [0.2, 0.25) is 0 Å². The molecule has 1 aromatic carbocycles. The molecule has 7 nitrogen and oxygen atoms in total. The van der Waals surface area contributed by atoms with Crippen molar-refractivity contribution < 1.29 is 29.0 Å². The Hall–Kier alpha value is -2.96. The lowest BCUT2D eigenvalue weighted by Crippen LogP contribution is -2.30. The molecule has 0 unspecified atom stereocenters. The number of phenolic OH excluding ortho intramolecular Hbond substituents is 2. The third-order valence-corrected chi connectivity index (χ3v) is 3.14. The van der Waals surface area contributed by atoms with E-state index in [1.54, 1.807) is 26.1 Å². The molecule has 0 aliphatic rings. The summed E-state index contributed by atoms with van der Waals surface area (Å²) in [5.41, 5.74) is -0.206. The van der Waals surface area contributed by atoms with Crippen molar-refractivity contribution in [1.82, 2.24) is 4.90 Å². The van der Waals surface area contributed by atoms with Crippen molar-refractivity contribution in [3.63, 3.8) is 0 Å². The average Bonchev–Trinajstić information content (AvgIpc) is 2.91. The van der Waals surface area contributed by atoms with Gasteiger partial charge < -0.3 is 24.3 Å². The van der Waals surface area contributed by atoms with Crippen molar-refractivity contribution >= 4 is 11.9 Å². The highest BCUT2D eigenvalue weighted by Gasteiger charge is 2.17. The van der Waals surface area contributed by atoms with Crippen LogP contribution in [0.5, 0.6) is 11.5 Å². The molecule has 0 bridgehead atoms. The Morgan fingerprint density at radius 2 is 1.96 bits per heavy atom. The molecule has 1 amide bonds. The van der Waals surface area contributed by atoms with Gasteiger partial charge >= 0.3 is 5.97 Å². The second-order valence-corrected chi connectivity index (χ2v) is 5.04. The summed E-state index contributed by atoms with van der Waals surface area (Å²) in [4.78, 5) is 25.1. The van der Waals surface area contributed by atoms with Crippen LogP contribution in [0.15, 0.2) is 34.7 Å². The summed E-state index contributed by atoms with van der Waals surface area (Å²) in [7, 11) is 1.56. The summed E-state index contributed by atoms with van der Waals surface area (Å²) in [6, 6.07) is 7.02. The van der Waals surface area contributed by atoms with Crippen molar-refractivity contribution in [2.24, 2.45) is 0 Å². The van der Waals surface area contributed by atoms with Gasteiger partial charge in [-0.25, -0.2) is 4.79 Å². The number of benzene rings is 1. The van der Waals surface area contributed by atoms with E-state index in [1.807, 2.05) is 0 Å². The Bertz CT molecular complexity index is 721. The first kappa shape index (κ1) is 16.4. The van der Waals surface area contributed by atoms with Gasteiger partial charge in [-0.1, -0.05) is 0 Å². The molecule has 0 aliphatic heterocycles. The lowest BCUT2D eigenvalue weighted by molar-refractivity contribution is -0.134. The first-order valence-electron chi connectivity index (χ1n) is 6.85. The topological polar surface area (TPSA) is 100 Å². The minimum Gasteiger partial charge on any atom is -0.508 e. The Morgan fingerprint density at radius 1 is 1.22 bits per heavy atom. The third-order valence-electron chi connectivity index (χ3n) is 3.14. The summed E-state index contributed by atoms with van der Waals surface area (Å²) < 4.78 is 10.2. The highest BCUT2D eigenvalue weighted by atomic mass is 16.5. The Balaban J connectivity index is 1.90. The van der Waals surface area contributed by atoms with Crippen LogP contribution in [0, 0.1) is 6.92 Å². The molecule has 122 valence electrons. The number of ether oxygens (including phenoxy) is 1. The van der Waals surface area contributed by atoms with Crippen molar-refractivity contribution in [3.05, 3.63) is 47.4 Å². The number of nitrogens with zero attached hydrogens (tertiary/aromatic N) is 1. The smallest absolute Gasteiger partial charge is 0.342 e. The third kappa shape index (κ3) is 4.26. The lowest BCUT2D eigenvalue weighted by atomic mass is 10.2. The number of aromatic hydroxyl groups is 2. The SMILES string of the molecule is Cc1ccc(CN(C)C(=O)COC(=O)c2cc(O)ccc2O)o1. The highest BCUT2D eigenvalue weighted by molar-refractivity contribution is 5.94. The highest BCUT2D eigenvalue weighted by Crippen LogP contribution is 2.22. The number of carbonyl (C=O) groups excluding carboxylic acids is 2. The van der Waals surface area contributed by atoms with Crippen molar-refractivity contribution in [3.8, 4) is 11.5 Å². The maximum Gasteiger partial charge on any atom is 0.342 e. The molecule has 0 fully saturated rings. The summed E-state index contributed by atoms with van der Waals surface area (Å²) in [5.74, 6) is -0.478. The fourth-order valence-corrected chi connectivity index (χ4v) is 1.89. The molecule has 2 aromatic rings. The van der Waals surface area contributed by atoms with Gasteiger partial charge in [0, 0.05) is 7.05 Å². The Labute approximate surface area is 132 Å². The largest absolute Gasteiger partial charge is 0.508 e. The zero-order valence-electron chi connectivity index (χ0n) is 12.8. The monoisotopic (exact) mass is 319 g/mol. The number of likely N-dealkylation sites (N-methyl/N-ethyl adjacent to an activating group) is 1. The number of hydrogen-bond acceptors (Lipinski definition) is 6. The first-order chi connectivity index (χ1) is 10.9. The number of esters is 1. The summed E-state index contributed by atoms with van der Waals surface area (Å²) >= 11 is 0. The molecule has 1 heterocycles. The van der Waals surface area contributed by atoms with Crippen molar-refractivity contribution in [2.75, 3.05) is 13.7 Å². The molecule has 7 heteroatoms. The predicted molar refractivity (Wildman–Crippen MR) is 80.0 cm³/mol. The van der Waals surface area contributed by atoms with Gasteiger partial charge in [-0.05, 0) is 37.3 Å². The molecule has 0 saturated heterocycles. The number of phenols is 2. The van der Waals surface area contributed by atoms with Gasteiger partial charge in [0.1, 0.15) is 28.6 Å². The Morgan fingerprint density at radius 3 is 2.61 bits per heavy atom. The molecule has 0 saturated carbocycles. The second-order valence-electron chi connectivity index (χ2n) is 5.04. The predicted octanol–water partition coefficient (Wildman–Crippen LogP) is 1.81. The van der Waals surface area contributed by atoms with Crippen molar-refractivity contribution in [1.29, 1.82) is 0 Å². The molecular weight excluding hydrogens is 302 g/mol. The van der Waals surface area contributed by atoms with Gasteiger partial charge in [-0.3, -0.25) is 4.79 Å². The maximum absolute atomic E-state index is 11.9. The van der Waals surface area contributed by atoms with Crippen LogP contribution in [0.4, 0.5) is 0 Å². The van der Waals surface area contributed by atoms with Gasteiger partial charge in [0.2, 0.25) is 0 Å². The van der Waals surface area contributed by atoms with E-state index in [9.17, 15) is 19.8 Å². The molecule has 23 heavy (non-hydrogen) atoms. The average molecular weight is 319 g/mol. The van der Waals surface area contributed by atoms with Gasteiger partial charge in [-0.15, -0.1) is 0 Å². The number of rotatable bonds is 5. The van der Waals surface area contributed by atoms with Gasteiger partial charge in [-0.2, -0.15) is 0 Å². The van der Waals surface area contributed by atoms with E-state index in [4.69, 9.17) is 9.15 Å². The molecule has 2 rings (SSSR count). The zero-order chi connectivity index (χ0) is 17.0. The van der Waals surface area contributed by atoms with E-state index in [0.717, 1.165) is 11.8 Å². The molecule has 0 atom stereocenters. The fourth-order valence-electron chi connectivity index (χ4n) is 1.89. The summed E-state index contributed by atoms with van der Waals surface area (Å²) in [6.07, 6.45) is 0. The van der Waals surface area contributed by atoms with Crippen LogP contribution in [0.3, 0.4) is 0 Å². The second kappa shape index (κ2) is 6.87. The number of carbonyl (C=O) groups is 2. The number of amides is 1. The van der Waals surface area contributed by atoms with Gasteiger partial charge in [0.25, 0.3) is 5.91 Å². The fraction of sp³-hybridized carbons (Fsp3) is 0.250. The summed E-state index contributed by atoms with van der Waals surface area (Å²) in [5, 5.41) is 18.9. The van der Waals surface area contributed by atoms with E-state index >= 15 is 0 Å². The molecule has 1 aromatic heterocycles. The summed E-state index contributed by atoms with van der Waals surface area (Å²) in [6.45, 7) is 1.57. The normalized spacial score (nSPS) is 10.3. The number of furan rings is 1. The van der Waals surface area contributed by atoms with Gasteiger partial charge in [0.15, 0.2) is 6.61 Å². The first-order valence-corrected chi connectivity index (χ1v) is 6.85. The van der Waals surface area contributed by atoms with Crippen molar-refractivity contribution in [2.45, 2.75) is 13.5 Å². The van der Waals surface area contributed by atoms with E-state index in [2.05, 4.69) is 0 Å². The van der Waals surface area contributed by atoms with E-state index in [1.165, 1.54) is 17.0 Å². The zero-order valence-corrected chi connectivity index (χ0v) is 12.8. The lowest BCUT2D eigenvalue weighted by Gasteiger charge is -2.15. The van der Waals surface area contributed by atoms with E-state index in [-0.39, 0.29) is 23.6 Å². The molecule has 0 aliphatic carbocycles. The molecular formula is C16H17NO6. The van der Waals surface area contributed by atoms with Gasteiger partial charge in [0.05, 0.1) is 6.54 Å². The van der Waals surface area contributed by atoms with Crippen LogP contribution < -0.4 is 0 Å². The van der Waals surface area contributed by atoms with Crippen LogP contribution >= 0.6 is 0 Å². The number of aryl methyl sites for hydroxylation is 1. The maximum atomic E-state index is 11.9. The molecule has 0 radical (unpaired) electrons. The van der Waals surface area contributed by atoms with Crippen LogP contribution in [0.25, 0.3) is 0 Å². The molecule has 2 N–H and O–H groups in total. The Kier molecular flexibility index (Phi) is 4.90. The minimum atomic E-state index is -0.894. The van der Waals surface area contributed by atoms with Crippen LogP contribution in [0.1, 0.15) is 21.9 Å². The number of hydrogen-bond donors (Lipinski definition) is 2. The van der Waals surface area contributed by atoms with Crippen LogP contribution in [-0.4, -0.2) is 40.6 Å². The van der Waals surface area contributed by atoms with E-state index < -0.39 is 18.5 Å². The quantitative estimate of drug-likeness (QED) is 0.644. The van der Waals surface area contributed by atoms with Crippen LogP contribution in [-0.2, 0) is 16.1 Å². The standard InChI is InChI=1S/C16H17NO6/c1-10-3-5-12(23-10)8-17(2)15(20)9-22-16(21)13-7-11(18)4-6-14(13)19/h3-7,18-19H,8-9H2,1-2H3.